The van der Waals surface area contributed by atoms with Crippen molar-refractivity contribution in [2.24, 2.45) is 0 Å². The molecule has 0 aliphatic carbocycles. The number of pyridine rings is 6. The van der Waals surface area contributed by atoms with Crippen molar-refractivity contribution in [1.29, 1.82) is 0 Å². The molecule has 142 heavy (non-hydrogen) atoms. The second-order valence-electron chi connectivity index (χ2n) is 35.4. The highest BCUT2D eigenvalue weighted by molar-refractivity contribution is 6.18. The molecule has 0 atom stereocenters. The number of aromatic nitrogens is 14. The van der Waals surface area contributed by atoms with Gasteiger partial charge in [-0.1, -0.05) is 340 Å². The van der Waals surface area contributed by atoms with Crippen LogP contribution in [-0.2, 0) is 0 Å². The number of hydrogen-bond donors (Lipinski definition) is 0. The van der Waals surface area contributed by atoms with Gasteiger partial charge < -0.3 is 0 Å². The van der Waals surface area contributed by atoms with Crippen LogP contribution in [0.5, 0.6) is 0 Å². The molecule has 0 radical (unpaired) electrons. The fourth-order valence-corrected chi connectivity index (χ4v) is 20.0. The molecule has 14 nitrogen and oxygen atoms in total. The Morgan fingerprint density at radius 3 is 0.697 bits per heavy atom. The van der Waals surface area contributed by atoms with Crippen molar-refractivity contribution in [2.75, 3.05) is 0 Å². The fraction of sp³-hybridized carbons (Fsp3) is 0. The van der Waals surface area contributed by atoms with Crippen molar-refractivity contribution in [3.05, 3.63) is 474 Å². The van der Waals surface area contributed by atoms with Crippen molar-refractivity contribution in [2.45, 2.75) is 0 Å². The van der Waals surface area contributed by atoms with Crippen molar-refractivity contribution >= 4 is 140 Å². The normalized spacial score (nSPS) is 11.5. The van der Waals surface area contributed by atoms with Gasteiger partial charge in [0.05, 0.1) is 45.0 Å². The molecule has 19 aromatic carbocycles. The van der Waals surface area contributed by atoms with Crippen LogP contribution in [0.2, 0.25) is 0 Å². The summed E-state index contributed by atoms with van der Waals surface area (Å²) in [6.07, 6.45) is 11.0. The third kappa shape index (κ3) is 15.5. The average Bonchev–Trinajstić information content (AvgIpc) is 0.746. The van der Waals surface area contributed by atoms with Gasteiger partial charge in [0.25, 0.3) is 0 Å². The molecule has 0 aliphatic rings. The summed E-state index contributed by atoms with van der Waals surface area (Å²) in [5, 5.41) is 26.6. The van der Waals surface area contributed by atoms with Gasteiger partial charge in [0.2, 0.25) is 0 Å². The van der Waals surface area contributed by atoms with E-state index in [2.05, 4.69) is 367 Å². The van der Waals surface area contributed by atoms with Crippen LogP contribution in [0.1, 0.15) is 0 Å². The first-order chi connectivity index (χ1) is 70.3. The zero-order valence-electron chi connectivity index (χ0n) is 76.3. The van der Waals surface area contributed by atoms with Gasteiger partial charge in [-0.15, -0.1) is 0 Å². The Morgan fingerprint density at radius 1 is 0.120 bits per heavy atom. The first-order valence-corrected chi connectivity index (χ1v) is 47.3. The van der Waals surface area contributed by atoms with Crippen LogP contribution in [0.25, 0.3) is 276 Å². The Labute approximate surface area is 814 Å². The molecule has 0 bridgehead atoms. The van der Waals surface area contributed by atoms with E-state index >= 15 is 0 Å². The molecule has 9 aromatic heterocycles. The van der Waals surface area contributed by atoms with Crippen molar-refractivity contribution < 1.29 is 0 Å². The average molecular weight is 1810 g/mol. The zero-order valence-corrected chi connectivity index (χ0v) is 76.3. The highest BCUT2D eigenvalue weighted by Gasteiger charge is 2.24. The van der Waals surface area contributed by atoms with Gasteiger partial charge in [-0.2, -0.15) is 0 Å². The van der Waals surface area contributed by atoms with Crippen molar-refractivity contribution in [3.63, 3.8) is 0 Å². The molecular weight excluding hydrogens is 1730 g/mol. The minimum atomic E-state index is 0.564. The Balaban J connectivity index is 0.000000110. The second kappa shape index (κ2) is 35.7. The zero-order chi connectivity index (χ0) is 93.9. The standard InChI is InChI=1S/C46H28N4.C45H27N5.C37H23N5/c1-3-15-33-30(11-1)25-40(37-19-7-5-17-35(33)37)43-27-44(41-26-31-12-2-4-16-34(31)36-18-6-8-20-38(36)41)50-46(49-43)32-22-23-42(48-28-32)39-21-9-13-29-14-10-24-47-45(29)39;1-3-15-32-29(11-1)25-39(36-19-7-5-17-34(32)36)44-48-43(31-22-23-41(47-27-31)38-21-9-13-28-14-10-24-46-42(28)38)49-45(50-44)40-26-30-12-2-4-16-33(30)35-18-6-8-20-37(35)40;1-3-9-27-21-29(16-14-24(27)7-1)35-40-36(30-17-15-25-8-2-4-10-28(25)22-30)42-37(41-35)31-18-19-33(39-23-31)32-13-5-11-26-12-6-20-38-34(26)32/h1-28H;1-27H;1-23H. The smallest absolute Gasteiger partial charge is 0.165 e. The lowest BCUT2D eigenvalue weighted by Gasteiger charge is -2.15. The quantitative estimate of drug-likeness (QED) is 0.105. The van der Waals surface area contributed by atoms with Gasteiger partial charge in [-0.05, 0) is 205 Å². The Morgan fingerprint density at radius 2 is 0.366 bits per heavy atom. The molecule has 9 heterocycles. The second-order valence-corrected chi connectivity index (χ2v) is 35.4. The summed E-state index contributed by atoms with van der Waals surface area (Å²) in [7, 11) is 0. The molecule has 0 fully saturated rings. The summed E-state index contributed by atoms with van der Waals surface area (Å²) in [5.41, 5.74) is 18.4. The van der Waals surface area contributed by atoms with Crippen LogP contribution in [0.4, 0.5) is 0 Å². The number of fused-ring (bicyclic) bond motifs is 17. The highest BCUT2D eigenvalue weighted by Crippen LogP contribution is 2.44. The van der Waals surface area contributed by atoms with Crippen LogP contribution in [0, 0.1) is 0 Å². The van der Waals surface area contributed by atoms with E-state index < -0.39 is 0 Å². The van der Waals surface area contributed by atoms with Gasteiger partial charge in [0, 0.05) is 120 Å². The molecular formula is C128H78N14. The first kappa shape index (κ1) is 83.2. The Hall–Kier alpha value is -19.4. The third-order valence-corrected chi connectivity index (χ3v) is 26.9. The summed E-state index contributed by atoms with van der Waals surface area (Å²) in [6.45, 7) is 0. The molecule has 0 spiro atoms. The summed E-state index contributed by atoms with van der Waals surface area (Å²) >= 11 is 0. The van der Waals surface area contributed by atoms with E-state index in [0.717, 1.165) is 182 Å². The Kier molecular flexibility index (Phi) is 20.9. The molecule has 0 unspecified atom stereocenters. The maximum Gasteiger partial charge on any atom is 0.165 e. The first-order valence-electron chi connectivity index (χ1n) is 47.3. The van der Waals surface area contributed by atoms with E-state index in [1.54, 1.807) is 0 Å². The van der Waals surface area contributed by atoms with E-state index in [1.165, 1.54) is 53.9 Å². The highest BCUT2D eigenvalue weighted by atomic mass is 15.0. The van der Waals surface area contributed by atoms with E-state index in [9.17, 15) is 0 Å². The summed E-state index contributed by atoms with van der Waals surface area (Å²) < 4.78 is 0. The molecule has 0 aliphatic heterocycles. The SMILES string of the molecule is c1ccc2cc(-c3nc(-c4ccc(-c5cccc6cccnc56)nc4)nc(-c4ccc5ccccc5c4)n3)ccc2c1.c1cnc2c(-c3ccc(-c4nc(-c5cc6ccccc6c6ccccc56)cc(-c5cc6ccccc6c6ccccc56)n4)cn3)cccc2c1.c1cnc2c(-c3ccc(-c4nc(-c5cc6ccccc6c6ccccc56)nc(-c5cc6ccccc6c6ccccc56)n4)cn3)cccc2c1. The van der Waals surface area contributed by atoms with Gasteiger partial charge >= 0.3 is 0 Å². The van der Waals surface area contributed by atoms with E-state index in [0.29, 0.717) is 40.8 Å². The molecule has 28 aromatic rings. The summed E-state index contributed by atoms with van der Waals surface area (Å²) in [6, 6.07) is 151. The Bertz CT molecular complexity index is 9120. The minimum Gasteiger partial charge on any atom is -0.256 e. The van der Waals surface area contributed by atoms with Crippen LogP contribution < -0.4 is 0 Å². The van der Waals surface area contributed by atoms with Crippen LogP contribution in [0.3, 0.4) is 0 Å². The number of hydrogen-bond acceptors (Lipinski definition) is 14. The number of benzene rings is 19. The minimum absolute atomic E-state index is 0.564. The predicted molar refractivity (Wildman–Crippen MR) is 581 cm³/mol. The lowest BCUT2D eigenvalue weighted by atomic mass is 9.93. The van der Waals surface area contributed by atoms with Gasteiger partial charge in [0.15, 0.2) is 40.8 Å². The lowest BCUT2D eigenvalue weighted by molar-refractivity contribution is 1.07. The molecule has 28 rings (SSSR count). The van der Waals surface area contributed by atoms with Crippen molar-refractivity contribution in [1.82, 2.24) is 69.8 Å². The molecule has 0 saturated heterocycles. The van der Waals surface area contributed by atoms with Gasteiger partial charge in [-0.25, -0.2) is 39.9 Å². The van der Waals surface area contributed by atoms with E-state index in [4.69, 9.17) is 54.8 Å². The summed E-state index contributed by atoms with van der Waals surface area (Å²) in [5.74, 6) is 4.24. The van der Waals surface area contributed by atoms with E-state index in [-0.39, 0.29) is 0 Å². The molecule has 0 N–H and O–H groups in total. The number of nitrogens with zero attached hydrogens (tertiary/aromatic N) is 14. The largest absolute Gasteiger partial charge is 0.256 e. The van der Waals surface area contributed by atoms with Gasteiger partial charge in [0.1, 0.15) is 0 Å². The molecule has 0 amide bonds. The third-order valence-electron chi connectivity index (χ3n) is 26.9. The number of rotatable bonds is 12. The van der Waals surface area contributed by atoms with Crippen LogP contribution >= 0.6 is 0 Å². The maximum atomic E-state index is 5.29. The molecule has 14 heteroatoms. The van der Waals surface area contributed by atoms with Crippen molar-refractivity contribution in [3.8, 4) is 136 Å². The maximum absolute atomic E-state index is 5.29. The topological polar surface area (TPSA) is 180 Å². The lowest BCUT2D eigenvalue weighted by Crippen LogP contribution is -2.02. The fourth-order valence-electron chi connectivity index (χ4n) is 20.0. The molecule has 0 saturated carbocycles. The monoisotopic (exact) mass is 1810 g/mol. The number of para-hydroxylation sites is 3. The van der Waals surface area contributed by atoms with Crippen LogP contribution in [-0.4, -0.2) is 69.8 Å². The van der Waals surface area contributed by atoms with Gasteiger partial charge in [-0.3, -0.25) is 29.9 Å². The van der Waals surface area contributed by atoms with Crippen LogP contribution in [0.15, 0.2) is 474 Å². The summed E-state index contributed by atoms with van der Waals surface area (Å²) in [4.78, 5) is 69.6. The van der Waals surface area contributed by atoms with E-state index in [1.807, 2.05) is 122 Å². The molecule has 660 valence electrons. The predicted octanol–water partition coefficient (Wildman–Crippen LogP) is 31.6.